The molecule has 0 spiro atoms. The van der Waals surface area contributed by atoms with E-state index in [2.05, 4.69) is 15.9 Å². The smallest absolute Gasteiger partial charge is 0.247 e. The molecule has 0 radical (unpaired) electrons. The predicted molar refractivity (Wildman–Crippen MR) is 101 cm³/mol. The monoisotopic (exact) mass is 420 g/mol. The molecule has 136 valence electrons. The second kappa shape index (κ2) is 8.62. The highest BCUT2D eigenvalue weighted by Crippen LogP contribution is 2.25. The van der Waals surface area contributed by atoms with Crippen LogP contribution in [0.5, 0.6) is 5.75 Å². The van der Waals surface area contributed by atoms with Crippen molar-refractivity contribution in [3.63, 3.8) is 0 Å². The molecule has 2 aromatic carbocycles. The summed E-state index contributed by atoms with van der Waals surface area (Å²) in [6, 6.07) is 9.73. The van der Waals surface area contributed by atoms with Gasteiger partial charge in [0.25, 0.3) is 0 Å². The zero-order valence-electron chi connectivity index (χ0n) is 14.3. The molecule has 0 fully saturated rings. The number of hydrogen-bond acceptors (Lipinski definition) is 3. The number of likely N-dealkylation sites (N-methyl/N-ethyl adjacent to an activating group) is 1. The van der Waals surface area contributed by atoms with Crippen LogP contribution in [-0.2, 0) is 9.59 Å². The second-order valence-electron chi connectivity index (χ2n) is 5.53. The third-order valence-corrected chi connectivity index (χ3v) is 4.26. The Labute approximate surface area is 159 Å². The Balaban J connectivity index is 2.27. The van der Waals surface area contributed by atoms with Crippen LogP contribution in [0.25, 0.3) is 6.08 Å². The number of carbonyl (C=O) groups excluding carboxylic acids is 2. The minimum absolute atomic E-state index is 0.307. The molecule has 2 N–H and O–H groups in total. The zero-order chi connectivity index (χ0) is 19.3. The molecule has 0 saturated heterocycles. The Bertz CT molecular complexity index is 854. The van der Waals surface area contributed by atoms with Crippen LogP contribution in [0, 0.1) is 5.82 Å². The highest BCUT2D eigenvalue weighted by molar-refractivity contribution is 9.10. The summed E-state index contributed by atoms with van der Waals surface area (Å²) in [5.41, 5.74) is 6.42. The van der Waals surface area contributed by atoms with Gasteiger partial charge in [-0.2, -0.15) is 0 Å². The first-order valence-corrected chi connectivity index (χ1v) is 8.46. The number of amides is 2. The van der Waals surface area contributed by atoms with Crippen molar-refractivity contribution in [1.82, 2.24) is 4.90 Å². The first-order valence-electron chi connectivity index (χ1n) is 7.66. The number of halogens is 2. The normalized spacial score (nSPS) is 12.0. The molecule has 0 aliphatic carbocycles. The van der Waals surface area contributed by atoms with Gasteiger partial charge in [-0.15, -0.1) is 0 Å². The van der Waals surface area contributed by atoms with E-state index in [1.807, 2.05) is 6.07 Å². The van der Waals surface area contributed by atoms with E-state index in [9.17, 15) is 14.0 Å². The maximum Gasteiger partial charge on any atom is 0.247 e. The van der Waals surface area contributed by atoms with Gasteiger partial charge >= 0.3 is 0 Å². The maximum atomic E-state index is 13.5. The van der Waals surface area contributed by atoms with E-state index >= 15 is 0 Å². The molecule has 0 aliphatic rings. The molecule has 0 aromatic heterocycles. The van der Waals surface area contributed by atoms with Crippen LogP contribution >= 0.6 is 15.9 Å². The van der Waals surface area contributed by atoms with E-state index in [1.165, 1.54) is 38.4 Å². The Morgan fingerprint density at radius 2 is 2.00 bits per heavy atom. The van der Waals surface area contributed by atoms with Gasteiger partial charge in [-0.1, -0.05) is 28.1 Å². The lowest BCUT2D eigenvalue weighted by atomic mass is 10.0. The van der Waals surface area contributed by atoms with E-state index in [0.29, 0.717) is 16.9 Å². The van der Waals surface area contributed by atoms with E-state index in [1.54, 1.807) is 24.3 Å². The van der Waals surface area contributed by atoms with Crippen LogP contribution in [0.3, 0.4) is 0 Å². The Morgan fingerprint density at radius 1 is 1.27 bits per heavy atom. The topological polar surface area (TPSA) is 72.6 Å². The summed E-state index contributed by atoms with van der Waals surface area (Å²) in [4.78, 5) is 25.5. The average Bonchev–Trinajstić information content (AvgIpc) is 2.59. The van der Waals surface area contributed by atoms with Gasteiger partial charge in [-0.05, 0) is 42.0 Å². The summed E-state index contributed by atoms with van der Waals surface area (Å²) in [6.45, 7) is 0. The van der Waals surface area contributed by atoms with Crippen LogP contribution in [0.4, 0.5) is 4.39 Å². The number of nitrogens with zero attached hydrogens (tertiary/aromatic N) is 1. The molecule has 2 rings (SSSR count). The summed E-state index contributed by atoms with van der Waals surface area (Å²) < 4.78 is 19.5. The van der Waals surface area contributed by atoms with Crippen LogP contribution in [0.1, 0.15) is 17.2 Å². The third kappa shape index (κ3) is 4.70. The fourth-order valence-corrected chi connectivity index (χ4v) is 2.88. The predicted octanol–water partition coefficient (Wildman–Crippen LogP) is 3.30. The molecule has 0 saturated carbocycles. The Morgan fingerprint density at radius 3 is 2.62 bits per heavy atom. The SMILES string of the molecule is COc1ccc(Br)cc1/C=C/C(=O)N(C)C(C(N)=O)c1cccc(F)c1. The molecule has 0 aliphatic heterocycles. The first kappa shape index (κ1) is 19.7. The fraction of sp³-hybridized carbons (Fsp3) is 0.158. The highest BCUT2D eigenvalue weighted by Gasteiger charge is 2.26. The van der Waals surface area contributed by atoms with Crippen LogP contribution in [0.2, 0.25) is 0 Å². The minimum atomic E-state index is -1.08. The molecular formula is C19H18BrFN2O3. The van der Waals surface area contributed by atoms with Crippen LogP contribution < -0.4 is 10.5 Å². The fourth-order valence-electron chi connectivity index (χ4n) is 2.50. The number of benzene rings is 2. The van der Waals surface area contributed by atoms with E-state index in [-0.39, 0.29) is 0 Å². The maximum absolute atomic E-state index is 13.5. The van der Waals surface area contributed by atoms with Crippen molar-refractivity contribution in [1.29, 1.82) is 0 Å². The molecule has 0 bridgehead atoms. The van der Waals surface area contributed by atoms with E-state index in [4.69, 9.17) is 10.5 Å². The third-order valence-electron chi connectivity index (χ3n) is 3.77. The lowest BCUT2D eigenvalue weighted by molar-refractivity contribution is -0.134. The number of ether oxygens (including phenoxy) is 1. The number of rotatable bonds is 6. The molecule has 1 unspecified atom stereocenters. The van der Waals surface area contributed by atoms with E-state index < -0.39 is 23.7 Å². The summed E-state index contributed by atoms with van der Waals surface area (Å²) in [5, 5.41) is 0. The molecule has 5 nitrogen and oxygen atoms in total. The summed E-state index contributed by atoms with van der Waals surface area (Å²) in [5.74, 6) is -1.12. The number of methoxy groups -OCH3 is 1. The van der Waals surface area contributed by atoms with Gasteiger partial charge in [0.2, 0.25) is 11.8 Å². The van der Waals surface area contributed by atoms with Gasteiger partial charge in [-0.25, -0.2) is 4.39 Å². The van der Waals surface area contributed by atoms with Crippen molar-refractivity contribution in [3.05, 3.63) is 70.0 Å². The summed E-state index contributed by atoms with van der Waals surface area (Å²) in [7, 11) is 2.97. The number of hydrogen-bond donors (Lipinski definition) is 1. The van der Waals surface area contributed by atoms with Gasteiger partial charge in [0.05, 0.1) is 7.11 Å². The lowest BCUT2D eigenvalue weighted by Crippen LogP contribution is -2.38. The molecule has 2 aromatic rings. The van der Waals surface area contributed by atoms with Gasteiger partial charge in [0.15, 0.2) is 0 Å². The molecule has 2 amide bonds. The number of carbonyl (C=O) groups is 2. The minimum Gasteiger partial charge on any atom is -0.496 e. The number of nitrogens with two attached hydrogens (primary N) is 1. The summed E-state index contributed by atoms with van der Waals surface area (Å²) in [6.07, 6.45) is 2.88. The van der Waals surface area contributed by atoms with E-state index in [0.717, 1.165) is 9.37 Å². The molecule has 26 heavy (non-hydrogen) atoms. The second-order valence-corrected chi connectivity index (χ2v) is 6.44. The van der Waals surface area contributed by atoms with Crippen molar-refractivity contribution in [2.45, 2.75) is 6.04 Å². The van der Waals surface area contributed by atoms with Crippen LogP contribution in [-0.4, -0.2) is 30.9 Å². The molecule has 1 atom stereocenters. The van der Waals surface area contributed by atoms with Crippen molar-refractivity contribution in [2.75, 3.05) is 14.2 Å². The van der Waals surface area contributed by atoms with Crippen LogP contribution in [0.15, 0.2) is 53.0 Å². The van der Waals surface area contributed by atoms with Crippen molar-refractivity contribution in [2.24, 2.45) is 5.73 Å². The lowest BCUT2D eigenvalue weighted by Gasteiger charge is -2.25. The molecular weight excluding hydrogens is 403 g/mol. The van der Waals surface area contributed by atoms with Gasteiger partial charge in [0, 0.05) is 23.2 Å². The van der Waals surface area contributed by atoms with Gasteiger partial charge < -0.3 is 15.4 Å². The molecule has 7 heteroatoms. The summed E-state index contributed by atoms with van der Waals surface area (Å²) >= 11 is 3.36. The van der Waals surface area contributed by atoms with Gasteiger partial charge in [-0.3, -0.25) is 9.59 Å². The largest absolute Gasteiger partial charge is 0.496 e. The van der Waals surface area contributed by atoms with Crippen molar-refractivity contribution >= 4 is 33.8 Å². The Hall–Kier alpha value is -2.67. The van der Waals surface area contributed by atoms with Crippen molar-refractivity contribution in [3.8, 4) is 5.75 Å². The molecule has 0 heterocycles. The quantitative estimate of drug-likeness (QED) is 0.728. The first-order chi connectivity index (χ1) is 12.3. The zero-order valence-corrected chi connectivity index (χ0v) is 15.9. The standard InChI is InChI=1S/C19H18BrFN2O3/c1-23(18(19(22)25)13-4-3-5-15(21)11-13)17(24)9-6-12-10-14(20)7-8-16(12)26-2/h3-11,18H,1-2H3,(H2,22,25)/b9-6+. The van der Waals surface area contributed by atoms with Gasteiger partial charge in [0.1, 0.15) is 17.6 Å². The van der Waals surface area contributed by atoms with Crippen molar-refractivity contribution < 1.29 is 18.7 Å². The Kier molecular flexibility index (Phi) is 6.52. The average molecular weight is 421 g/mol. The highest BCUT2D eigenvalue weighted by atomic mass is 79.9. The number of primary amides is 1.